The number of rotatable bonds is 5. The highest BCUT2D eigenvalue weighted by molar-refractivity contribution is 6.30. The summed E-state index contributed by atoms with van der Waals surface area (Å²) in [7, 11) is 0. The Labute approximate surface area is 134 Å². The van der Waals surface area contributed by atoms with Gasteiger partial charge < -0.3 is 10.6 Å². The Morgan fingerprint density at radius 3 is 2.45 bits per heavy atom. The fraction of sp³-hybridized carbons (Fsp3) is 0.176. The molecule has 0 fully saturated rings. The smallest absolute Gasteiger partial charge is 0.226 e. The molecule has 2 rings (SSSR count). The molecule has 2 N–H and O–H groups in total. The lowest BCUT2D eigenvalue weighted by molar-refractivity contribution is -0.120. The van der Waals surface area contributed by atoms with Crippen LogP contribution < -0.4 is 10.6 Å². The number of halogens is 1. The van der Waals surface area contributed by atoms with Crippen molar-refractivity contribution in [1.82, 2.24) is 5.32 Å². The summed E-state index contributed by atoms with van der Waals surface area (Å²) in [6.45, 7) is 1.44. The predicted molar refractivity (Wildman–Crippen MR) is 87.7 cm³/mol. The van der Waals surface area contributed by atoms with Crippen LogP contribution in [0.5, 0.6) is 0 Å². The summed E-state index contributed by atoms with van der Waals surface area (Å²) in [5, 5.41) is 6.13. The molecule has 0 aliphatic rings. The molecular weight excluding hydrogens is 300 g/mol. The number of hydrogen-bond donors (Lipinski definition) is 2. The molecule has 2 aromatic carbocycles. The third kappa shape index (κ3) is 4.90. The summed E-state index contributed by atoms with van der Waals surface area (Å²) in [4.78, 5) is 23.5. The van der Waals surface area contributed by atoms with Crippen LogP contribution in [-0.2, 0) is 9.59 Å². The van der Waals surface area contributed by atoms with E-state index >= 15 is 0 Å². The Kier molecular flexibility index (Phi) is 5.55. The van der Waals surface area contributed by atoms with Crippen LogP contribution >= 0.6 is 11.6 Å². The average Bonchev–Trinajstić information content (AvgIpc) is 2.47. The summed E-state index contributed by atoms with van der Waals surface area (Å²) in [5.74, 6) is -0.366. The molecule has 2 amide bonds. The first-order valence-corrected chi connectivity index (χ1v) is 7.30. The van der Waals surface area contributed by atoms with E-state index in [0.29, 0.717) is 10.7 Å². The van der Waals surface area contributed by atoms with E-state index in [4.69, 9.17) is 11.6 Å². The van der Waals surface area contributed by atoms with Gasteiger partial charge in [-0.25, -0.2) is 0 Å². The highest BCUT2D eigenvalue weighted by Gasteiger charge is 2.17. The summed E-state index contributed by atoms with van der Waals surface area (Å²) in [6.07, 6.45) is 0.149. The van der Waals surface area contributed by atoms with E-state index in [1.165, 1.54) is 6.92 Å². The topological polar surface area (TPSA) is 58.2 Å². The first kappa shape index (κ1) is 16.0. The lowest BCUT2D eigenvalue weighted by Gasteiger charge is -2.18. The van der Waals surface area contributed by atoms with E-state index in [2.05, 4.69) is 10.6 Å². The molecular formula is C17H17ClN2O2. The van der Waals surface area contributed by atoms with Gasteiger partial charge in [0.05, 0.1) is 12.5 Å². The van der Waals surface area contributed by atoms with Gasteiger partial charge >= 0.3 is 0 Å². The lowest BCUT2D eigenvalue weighted by atomic mass is 10.0. The van der Waals surface area contributed by atoms with Crippen molar-refractivity contribution in [3.8, 4) is 0 Å². The molecule has 0 aliphatic carbocycles. The Bertz CT molecular complexity index is 659. The molecule has 0 saturated heterocycles. The van der Waals surface area contributed by atoms with Gasteiger partial charge in [-0.2, -0.15) is 0 Å². The van der Waals surface area contributed by atoms with Crippen LogP contribution in [0.25, 0.3) is 0 Å². The number of benzene rings is 2. The van der Waals surface area contributed by atoms with Gasteiger partial charge in [0.15, 0.2) is 0 Å². The van der Waals surface area contributed by atoms with Crippen molar-refractivity contribution in [2.24, 2.45) is 0 Å². The van der Waals surface area contributed by atoms with Gasteiger partial charge in [0, 0.05) is 17.6 Å². The number of carbonyl (C=O) groups excluding carboxylic acids is 2. The van der Waals surface area contributed by atoms with Crippen molar-refractivity contribution in [2.45, 2.75) is 19.4 Å². The summed E-state index contributed by atoms with van der Waals surface area (Å²) in [6, 6.07) is 16.0. The first-order valence-electron chi connectivity index (χ1n) is 6.92. The van der Waals surface area contributed by atoms with E-state index in [1.54, 1.807) is 24.3 Å². The normalized spacial score (nSPS) is 11.5. The second-order valence-corrected chi connectivity index (χ2v) is 5.36. The van der Waals surface area contributed by atoms with Crippen LogP contribution in [0.4, 0.5) is 5.69 Å². The Balaban J connectivity index is 2.06. The lowest BCUT2D eigenvalue weighted by Crippen LogP contribution is -2.29. The molecule has 0 aliphatic heterocycles. The molecule has 0 unspecified atom stereocenters. The average molecular weight is 317 g/mol. The van der Waals surface area contributed by atoms with Gasteiger partial charge in [0.1, 0.15) is 0 Å². The quantitative estimate of drug-likeness (QED) is 0.886. The molecule has 0 radical (unpaired) electrons. The van der Waals surface area contributed by atoms with Crippen LogP contribution in [0, 0.1) is 0 Å². The molecule has 22 heavy (non-hydrogen) atoms. The Morgan fingerprint density at radius 2 is 1.82 bits per heavy atom. The summed E-state index contributed by atoms with van der Waals surface area (Å²) >= 11 is 5.89. The Hall–Kier alpha value is -2.33. The second kappa shape index (κ2) is 7.61. The van der Waals surface area contributed by atoms with Gasteiger partial charge in [0.25, 0.3) is 0 Å². The SMILES string of the molecule is CC(=O)N[C@H](CC(=O)Nc1cccc(Cl)c1)c1ccccc1. The molecule has 0 heterocycles. The molecule has 114 valence electrons. The maximum absolute atomic E-state index is 12.2. The van der Waals surface area contributed by atoms with Gasteiger partial charge in [-0.1, -0.05) is 48.0 Å². The maximum atomic E-state index is 12.2. The van der Waals surface area contributed by atoms with Crippen molar-refractivity contribution >= 4 is 29.1 Å². The van der Waals surface area contributed by atoms with Crippen LogP contribution in [0.3, 0.4) is 0 Å². The third-order valence-electron chi connectivity index (χ3n) is 3.08. The number of hydrogen-bond acceptors (Lipinski definition) is 2. The largest absolute Gasteiger partial charge is 0.349 e. The molecule has 1 atom stereocenters. The molecule has 0 aromatic heterocycles. The minimum absolute atomic E-state index is 0.149. The molecule has 0 bridgehead atoms. The van der Waals surface area contributed by atoms with E-state index in [9.17, 15) is 9.59 Å². The van der Waals surface area contributed by atoms with Crippen LogP contribution in [0.1, 0.15) is 24.9 Å². The van der Waals surface area contributed by atoms with Gasteiger partial charge in [-0.15, -0.1) is 0 Å². The number of nitrogens with one attached hydrogen (secondary N) is 2. The molecule has 0 saturated carbocycles. The number of amides is 2. The molecule has 0 spiro atoms. The zero-order chi connectivity index (χ0) is 15.9. The van der Waals surface area contributed by atoms with E-state index in [1.807, 2.05) is 30.3 Å². The van der Waals surface area contributed by atoms with Gasteiger partial charge in [-0.3, -0.25) is 9.59 Å². The van der Waals surface area contributed by atoms with Crippen molar-refractivity contribution in [3.05, 3.63) is 65.2 Å². The van der Waals surface area contributed by atoms with E-state index in [-0.39, 0.29) is 24.3 Å². The van der Waals surface area contributed by atoms with E-state index < -0.39 is 0 Å². The summed E-state index contributed by atoms with van der Waals surface area (Å²) < 4.78 is 0. The third-order valence-corrected chi connectivity index (χ3v) is 3.31. The number of carbonyl (C=O) groups is 2. The molecule has 4 nitrogen and oxygen atoms in total. The zero-order valence-electron chi connectivity index (χ0n) is 12.2. The van der Waals surface area contributed by atoms with Crippen molar-refractivity contribution in [1.29, 1.82) is 0 Å². The van der Waals surface area contributed by atoms with E-state index in [0.717, 1.165) is 5.56 Å². The van der Waals surface area contributed by atoms with Crippen molar-refractivity contribution < 1.29 is 9.59 Å². The highest BCUT2D eigenvalue weighted by Crippen LogP contribution is 2.19. The number of anilines is 1. The van der Waals surface area contributed by atoms with Gasteiger partial charge in [0.2, 0.25) is 11.8 Å². The minimum Gasteiger partial charge on any atom is -0.349 e. The monoisotopic (exact) mass is 316 g/mol. The van der Waals surface area contributed by atoms with Gasteiger partial charge in [-0.05, 0) is 23.8 Å². The fourth-order valence-electron chi connectivity index (χ4n) is 2.15. The standard InChI is InChI=1S/C17H17ClN2O2/c1-12(21)19-16(13-6-3-2-4-7-13)11-17(22)20-15-9-5-8-14(18)10-15/h2-10,16H,11H2,1H3,(H,19,21)(H,20,22)/t16-/m1/s1. The Morgan fingerprint density at radius 1 is 1.09 bits per heavy atom. The second-order valence-electron chi connectivity index (χ2n) is 4.93. The zero-order valence-corrected chi connectivity index (χ0v) is 12.9. The molecule has 2 aromatic rings. The minimum atomic E-state index is -0.363. The fourth-order valence-corrected chi connectivity index (χ4v) is 2.34. The summed E-state index contributed by atoms with van der Waals surface area (Å²) in [5.41, 5.74) is 1.52. The van der Waals surface area contributed by atoms with Crippen LogP contribution in [-0.4, -0.2) is 11.8 Å². The van der Waals surface area contributed by atoms with Crippen molar-refractivity contribution in [3.63, 3.8) is 0 Å². The van der Waals surface area contributed by atoms with Crippen LogP contribution in [0.15, 0.2) is 54.6 Å². The first-order chi connectivity index (χ1) is 10.5. The molecule has 5 heteroatoms. The maximum Gasteiger partial charge on any atom is 0.226 e. The van der Waals surface area contributed by atoms with Crippen molar-refractivity contribution in [2.75, 3.05) is 5.32 Å². The van der Waals surface area contributed by atoms with Crippen LogP contribution in [0.2, 0.25) is 5.02 Å². The highest BCUT2D eigenvalue weighted by atomic mass is 35.5. The predicted octanol–water partition coefficient (Wildman–Crippen LogP) is 3.55.